The highest BCUT2D eigenvalue weighted by molar-refractivity contribution is 5.61. The number of benzene rings is 1. The Kier molecular flexibility index (Phi) is 3.82. The Hall–Kier alpha value is -2.40. The number of H-pyrrole nitrogens is 1. The van der Waals surface area contributed by atoms with E-state index in [2.05, 4.69) is 4.98 Å². The van der Waals surface area contributed by atoms with Crippen LogP contribution in [0, 0.1) is 5.82 Å². The van der Waals surface area contributed by atoms with Crippen LogP contribution in [-0.4, -0.2) is 14.5 Å². The first-order chi connectivity index (χ1) is 11.0. The van der Waals surface area contributed by atoms with Gasteiger partial charge in [0.2, 0.25) is 0 Å². The van der Waals surface area contributed by atoms with Crippen LogP contribution in [0.4, 0.5) is 4.39 Å². The lowest BCUT2D eigenvalue weighted by molar-refractivity contribution is 0.0284. The van der Waals surface area contributed by atoms with Gasteiger partial charge in [-0.2, -0.15) is 0 Å². The van der Waals surface area contributed by atoms with E-state index in [1.165, 1.54) is 16.7 Å². The van der Waals surface area contributed by atoms with Crippen molar-refractivity contribution in [3.05, 3.63) is 64.5 Å². The monoisotopic (exact) mass is 314 g/mol. The molecule has 0 radical (unpaired) electrons. The molecule has 0 aliphatic carbocycles. The van der Waals surface area contributed by atoms with Crippen LogP contribution >= 0.6 is 0 Å². The molecule has 0 atom stereocenters. The molecule has 0 fully saturated rings. The van der Waals surface area contributed by atoms with E-state index in [0.29, 0.717) is 18.5 Å². The van der Waals surface area contributed by atoms with Crippen molar-refractivity contribution in [2.24, 2.45) is 0 Å². The Balaban J connectivity index is 2.04. The molecule has 0 bridgehead atoms. The first-order valence-corrected chi connectivity index (χ1v) is 7.70. The van der Waals surface area contributed by atoms with Gasteiger partial charge in [0.05, 0.1) is 11.3 Å². The van der Waals surface area contributed by atoms with Gasteiger partial charge in [-0.05, 0) is 24.0 Å². The second-order valence-corrected chi connectivity index (χ2v) is 5.76. The van der Waals surface area contributed by atoms with Crippen molar-refractivity contribution >= 4 is 5.52 Å². The molecule has 23 heavy (non-hydrogen) atoms. The number of nitrogens with one attached hydrogen (secondary N) is 1. The van der Waals surface area contributed by atoms with E-state index < -0.39 is 11.4 Å². The first kappa shape index (κ1) is 15.5. The minimum absolute atomic E-state index is 0.272. The molecule has 0 saturated carbocycles. The molecule has 120 valence electrons. The molecule has 0 aliphatic rings. The molecule has 0 saturated heterocycles. The molecule has 2 aromatic heterocycles. The van der Waals surface area contributed by atoms with Gasteiger partial charge in [0.1, 0.15) is 11.3 Å². The van der Waals surface area contributed by atoms with Gasteiger partial charge < -0.3 is 14.5 Å². The summed E-state index contributed by atoms with van der Waals surface area (Å²) in [5.41, 5.74) is 1.35. The molecule has 2 N–H and O–H groups in total. The fourth-order valence-corrected chi connectivity index (χ4v) is 2.86. The maximum Gasteiger partial charge on any atom is 0.272 e. The Morgan fingerprint density at radius 1 is 1.17 bits per heavy atom. The average molecular weight is 314 g/mol. The summed E-state index contributed by atoms with van der Waals surface area (Å²) in [6.07, 6.45) is 4.22. The normalized spacial score (nSPS) is 12.0. The Morgan fingerprint density at radius 2 is 1.83 bits per heavy atom. The van der Waals surface area contributed by atoms with E-state index in [1.807, 2.05) is 38.1 Å². The summed E-state index contributed by atoms with van der Waals surface area (Å²) >= 11 is 0. The number of aliphatic hydroxyl groups is 1. The summed E-state index contributed by atoms with van der Waals surface area (Å²) in [5.74, 6) is -0.445. The first-order valence-electron chi connectivity index (χ1n) is 7.70. The molecule has 1 aromatic carbocycles. The van der Waals surface area contributed by atoms with Crippen molar-refractivity contribution < 1.29 is 9.50 Å². The molecule has 2 heterocycles. The number of nitrogens with zero attached hydrogens (tertiary/aromatic N) is 1. The number of aromatic nitrogens is 2. The third-order valence-corrected chi connectivity index (χ3v) is 4.47. The van der Waals surface area contributed by atoms with E-state index >= 15 is 0 Å². The summed E-state index contributed by atoms with van der Waals surface area (Å²) < 4.78 is 14.8. The predicted molar refractivity (Wildman–Crippen MR) is 87.9 cm³/mol. The fourth-order valence-electron chi connectivity index (χ4n) is 2.86. The zero-order chi connectivity index (χ0) is 16.6. The lowest BCUT2D eigenvalue weighted by atomic mass is 9.88. The van der Waals surface area contributed by atoms with Crippen LogP contribution < -0.4 is 5.56 Å². The van der Waals surface area contributed by atoms with Crippen LogP contribution in [0.25, 0.3) is 16.8 Å². The SMILES string of the molecule is CCC(O)(CC)c1ccc(-c2cn3cc(F)cc3c(=O)[nH]2)cc1. The van der Waals surface area contributed by atoms with Crippen LogP contribution in [0.2, 0.25) is 0 Å². The number of hydrogen-bond acceptors (Lipinski definition) is 2. The summed E-state index contributed by atoms with van der Waals surface area (Å²) in [6, 6.07) is 8.63. The second kappa shape index (κ2) is 5.66. The maximum absolute atomic E-state index is 13.3. The maximum atomic E-state index is 13.3. The summed E-state index contributed by atoms with van der Waals surface area (Å²) in [6.45, 7) is 3.90. The fraction of sp³-hybridized carbons (Fsp3) is 0.278. The van der Waals surface area contributed by atoms with Crippen molar-refractivity contribution in [1.29, 1.82) is 0 Å². The summed E-state index contributed by atoms with van der Waals surface area (Å²) in [5, 5.41) is 10.5. The van der Waals surface area contributed by atoms with E-state index in [0.717, 1.165) is 11.1 Å². The zero-order valence-electron chi connectivity index (χ0n) is 13.1. The number of rotatable bonds is 4. The molecule has 4 nitrogen and oxygen atoms in total. The molecule has 3 rings (SSSR count). The zero-order valence-corrected chi connectivity index (χ0v) is 13.1. The lowest BCUT2D eigenvalue weighted by Gasteiger charge is -2.25. The molecule has 0 amide bonds. The second-order valence-electron chi connectivity index (χ2n) is 5.76. The number of fused-ring (bicyclic) bond motifs is 1. The van der Waals surface area contributed by atoms with Gasteiger partial charge in [0, 0.05) is 18.5 Å². The third-order valence-electron chi connectivity index (χ3n) is 4.47. The minimum Gasteiger partial charge on any atom is -0.385 e. The van der Waals surface area contributed by atoms with Gasteiger partial charge >= 0.3 is 0 Å². The standard InChI is InChI=1S/C18H19FN2O2/c1-3-18(23,4-2)13-7-5-12(6-8-13)15-11-21-10-14(19)9-16(21)17(22)20-15/h5-11,23H,3-4H2,1-2H3,(H,20,22). The van der Waals surface area contributed by atoms with Crippen LogP contribution in [0.1, 0.15) is 32.3 Å². The third kappa shape index (κ3) is 2.68. The highest BCUT2D eigenvalue weighted by Crippen LogP contribution is 2.29. The molecule has 0 unspecified atom stereocenters. The largest absolute Gasteiger partial charge is 0.385 e. The smallest absolute Gasteiger partial charge is 0.272 e. The molecule has 0 aliphatic heterocycles. The van der Waals surface area contributed by atoms with Gasteiger partial charge in [-0.3, -0.25) is 4.79 Å². The van der Waals surface area contributed by atoms with Crippen LogP contribution in [0.3, 0.4) is 0 Å². The molecule has 0 spiro atoms. The van der Waals surface area contributed by atoms with Crippen molar-refractivity contribution in [3.63, 3.8) is 0 Å². The van der Waals surface area contributed by atoms with E-state index in [4.69, 9.17) is 0 Å². The van der Waals surface area contributed by atoms with Crippen LogP contribution in [0.5, 0.6) is 0 Å². The van der Waals surface area contributed by atoms with Crippen LogP contribution in [-0.2, 0) is 5.60 Å². The van der Waals surface area contributed by atoms with Gasteiger partial charge in [-0.25, -0.2) is 4.39 Å². The van der Waals surface area contributed by atoms with Crippen molar-refractivity contribution in [2.75, 3.05) is 0 Å². The van der Waals surface area contributed by atoms with E-state index in [-0.39, 0.29) is 11.1 Å². The Bertz CT molecular complexity index is 890. The van der Waals surface area contributed by atoms with Crippen molar-refractivity contribution in [3.8, 4) is 11.3 Å². The van der Waals surface area contributed by atoms with Gasteiger partial charge in [0.25, 0.3) is 5.56 Å². The number of halogens is 1. The molecular formula is C18H19FN2O2. The van der Waals surface area contributed by atoms with Gasteiger partial charge in [-0.1, -0.05) is 38.1 Å². The average Bonchev–Trinajstić information content (AvgIpc) is 2.95. The topological polar surface area (TPSA) is 57.5 Å². The lowest BCUT2D eigenvalue weighted by Crippen LogP contribution is -2.23. The van der Waals surface area contributed by atoms with E-state index in [1.54, 1.807) is 6.20 Å². The number of hydrogen-bond donors (Lipinski definition) is 2. The van der Waals surface area contributed by atoms with Gasteiger partial charge in [-0.15, -0.1) is 0 Å². The Morgan fingerprint density at radius 3 is 2.43 bits per heavy atom. The van der Waals surface area contributed by atoms with Crippen molar-refractivity contribution in [2.45, 2.75) is 32.3 Å². The quantitative estimate of drug-likeness (QED) is 0.775. The van der Waals surface area contributed by atoms with Crippen LogP contribution in [0.15, 0.2) is 47.5 Å². The minimum atomic E-state index is -0.834. The van der Waals surface area contributed by atoms with Crippen molar-refractivity contribution in [1.82, 2.24) is 9.38 Å². The predicted octanol–water partition coefficient (Wildman–Crippen LogP) is 3.44. The van der Waals surface area contributed by atoms with Gasteiger partial charge in [0.15, 0.2) is 0 Å². The molecule has 5 heteroatoms. The highest BCUT2D eigenvalue weighted by atomic mass is 19.1. The summed E-state index contributed by atoms with van der Waals surface area (Å²) in [7, 11) is 0. The molecule has 3 aromatic rings. The Labute approximate surface area is 133 Å². The molecular weight excluding hydrogens is 295 g/mol. The highest BCUT2D eigenvalue weighted by Gasteiger charge is 2.24. The van der Waals surface area contributed by atoms with E-state index in [9.17, 15) is 14.3 Å². The number of aromatic amines is 1. The summed E-state index contributed by atoms with van der Waals surface area (Å²) in [4.78, 5) is 14.8.